The first kappa shape index (κ1) is 26.4. The van der Waals surface area contributed by atoms with E-state index in [0.29, 0.717) is 24.5 Å². The van der Waals surface area contributed by atoms with Crippen LogP contribution in [0.25, 0.3) is 0 Å². The van der Waals surface area contributed by atoms with Crippen molar-refractivity contribution in [3.8, 4) is 0 Å². The number of carbonyl (C=O) groups excluding carboxylic acids is 1. The molecule has 1 amide bonds. The Morgan fingerprint density at radius 2 is 1.86 bits per heavy atom. The van der Waals surface area contributed by atoms with Gasteiger partial charge in [0.2, 0.25) is 5.91 Å². The highest BCUT2D eigenvalue weighted by molar-refractivity contribution is 7.86. The second-order valence-corrected chi connectivity index (χ2v) is 14.5. The molecular formula is C26H42N2O7S. The Hall–Kier alpha value is -1.23. The molecule has 5 rings (SSSR count). The Labute approximate surface area is 214 Å². The Morgan fingerprint density at radius 1 is 1.17 bits per heavy atom. The molecule has 36 heavy (non-hydrogen) atoms. The van der Waals surface area contributed by atoms with Gasteiger partial charge in [-0.1, -0.05) is 32.9 Å². The molecule has 3 aliphatic carbocycles. The first-order valence-electron chi connectivity index (χ1n) is 13.3. The van der Waals surface area contributed by atoms with Gasteiger partial charge in [0.1, 0.15) is 13.2 Å². The van der Waals surface area contributed by atoms with Crippen molar-refractivity contribution < 1.29 is 32.1 Å². The van der Waals surface area contributed by atoms with Gasteiger partial charge in [0.15, 0.2) is 0 Å². The molecule has 11 unspecified atom stereocenters. The van der Waals surface area contributed by atoms with E-state index in [4.69, 9.17) is 13.8 Å². The highest BCUT2D eigenvalue weighted by Crippen LogP contribution is 2.68. The van der Waals surface area contributed by atoms with Crippen LogP contribution in [-0.2, 0) is 28.7 Å². The molecule has 9 nitrogen and oxygen atoms in total. The molecule has 2 N–H and O–H groups in total. The maximum Gasteiger partial charge on any atom is 0.265 e. The Morgan fingerprint density at radius 3 is 2.50 bits per heavy atom. The summed E-state index contributed by atoms with van der Waals surface area (Å²) >= 11 is 0. The minimum atomic E-state index is -3.79. The van der Waals surface area contributed by atoms with Crippen molar-refractivity contribution in [3.05, 3.63) is 0 Å². The number of nitrogens with zero attached hydrogens (tertiary/aromatic N) is 1. The smallest absolute Gasteiger partial charge is 0.265 e. The van der Waals surface area contributed by atoms with Crippen LogP contribution < -0.4 is 5.32 Å². The third kappa shape index (κ3) is 3.61. The zero-order valence-electron chi connectivity index (χ0n) is 22.5. The van der Waals surface area contributed by atoms with E-state index in [1.807, 2.05) is 6.92 Å². The van der Waals surface area contributed by atoms with Gasteiger partial charge in [-0.2, -0.15) is 8.42 Å². The van der Waals surface area contributed by atoms with Crippen LogP contribution in [0.1, 0.15) is 66.7 Å². The van der Waals surface area contributed by atoms with Gasteiger partial charge in [-0.25, -0.2) is 0 Å². The molecule has 204 valence electrons. The first-order valence-corrected chi connectivity index (χ1v) is 15.1. The minimum Gasteiger partial charge on any atom is -0.399 e. The average molecular weight is 527 g/mol. The fourth-order valence-corrected chi connectivity index (χ4v) is 9.67. The van der Waals surface area contributed by atoms with E-state index in [1.54, 1.807) is 0 Å². The molecule has 11 atom stereocenters. The van der Waals surface area contributed by atoms with Crippen molar-refractivity contribution in [2.45, 2.75) is 96.7 Å². The van der Waals surface area contributed by atoms with Gasteiger partial charge in [0.05, 0.1) is 29.8 Å². The molecule has 5 aliphatic rings. The Bertz CT molecular complexity index is 1060. The van der Waals surface area contributed by atoms with E-state index < -0.39 is 33.3 Å². The normalized spacial score (nSPS) is 50.9. The Kier molecular flexibility index (Phi) is 6.14. The van der Waals surface area contributed by atoms with E-state index in [0.717, 1.165) is 25.5 Å². The van der Waals surface area contributed by atoms with Crippen molar-refractivity contribution in [1.82, 2.24) is 5.32 Å². The second kappa shape index (κ2) is 8.38. The lowest BCUT2D eigenvalue weighted by Gasteiger charge is -2.70. The number of aliphatic hydroxyl groups is 1. The molecule has 2 heterocycles. The topological polar surface area (TPSA) is 124 Å². The number of ether oxygens (including phenoxy) is 1. The predicted octanol–water partition coefficient (Wildman–Crippen LogP) is 2.48. The van der Waals surface area contributed by atoms with Gasteiger partial charge >= 0.3 is 0 Å². The molecule has 0 aromatic rings. The number of hydrogen-bond donors (Lipinski definition) is 2. The number of fused-ring (bicyclic) bond motifs is 3. The van der Waals surface area contributed by atoms with Gasteiger partial charge in [-0.15, -0.1) is 0 Å². The lowest BCUT2D eigenvalue weighted by atomic mass is 9.42. The average Bonchev–Trinajstić information content (AvgIpc) is 3.03. The van der Waals surface area contributed by atoms with E-state index in [2.05, 4.69) is 38.2 Å². The van der Waals surface area contributed by atoms with Gasteiger partial charge in [-0.05, 0) is 44.4 Å². The summed E-state index contributed by atoms with van der Waals surface area (Å²) in [6.07, 6.45) is 2.79. The van der Waals surface area contributed by atoms with Crippen molar-refractivity contribution >= 4 is 21.7 Å². The largest absolute Gasteiger partial charge is 0.399 e. The predicted molar refractivity (Wildman–Crippen MR) is 133 cm³/mol. The summed E-state index contributed by atoms with van der Waals surface area (Å²) in [7, 11) is -2.32. The van der Waals surface area contributed by atoms with Crippen LogP contribution >= 0.6 is 0 Å². The van der Waals surface area contributed by atoms with Crippen LogP contribution in [0, 0.1) is 40.4 Å². The van der Waals surface area contributed by atoms with Crippen LogP contribution in [-0.4, -0.2) is 68.5 Å². The number of nitrogens with one attached hydrogen (secondary N) is 1. The van der Waals surface area contributed by atoms with E-state index in [9.17, 15) is 18.3 Å². The molecule has 0 radical (unpaired) electrons. The molecule has 2 saturated heterocycles. The van der Waals surface area contributed by atoms with Gasteiger partial charge in [0, 0.05) is 41.0 Å². The first-order chi connectivity index (χ1) is 16.7. The molecule has 10 heteroatoms. The van der Waals surface area contributed by atoms with Crippen LogP contribution in [0.2, 0.25) is 0 Å². The summed E-state index contributed by atoms with van der Waals surface area (Å²) < 4.78 is 37.8. The van der Waals surface area contributed by atoms with Crippen molar-refractivity contribution in [1.29, 1.82) is 0 Å². The van der Waals surface area contributed by atoms with Gasteiger partial charge < -0.3 is 20.0 Å². The maximum absolute atomic E-state index is 12.8. The van der Waals surface area contributed by atoms with E-state index >= 15 is 0 Å². The lowest BCUT2D eigenvalue weighted by Crippen LogP contribution is -2.74. The second-order valence-electron chi connectivity index (χ2n) is 12.9. The number of carbonyl (C=O) groups is 1. The summed E-state index contributed by atoms with van der Waals surface area (Å²) in [5, 5.41) is 18.7. The summed E-state index contributed by atoms with van der Waals surface area (Å²) in [6, 6.07) is -0.0481. The third-order valence-corrected chi connectivity index (χ3v) is 11.4. The fourth-order valence-electron chi connectivity index (χ4n) is 9.09. The standard InChI is InChI=1S/C26H42N2O7S/c1-13-8-9-19-24(3,4)22(28-33-6)18(35-36(7,31)32)12-26(19)25(13,5)11-16-17(29)10-15-20(21(16)34-26)14(2)27-23(15)30/h13-21,29H,8-12H2,1-7H3,(H,27,30). The van der Waals surface area contributed by atoms with E-state index in [1.165, 1.54) is 7.11 Å². The summed E-state index contributed by atoms with van der Waals surface area (Å²) in [5.41, 5.74) is -0.995. The number of aliphatic hydroxyl groups excluding tert-OH is 1. The third-order valence-electron chi connectivity index (χ3n) is 10.9. The summed E-state index contributed by atoms with van der Waals surface area (Å²) in [6.45, 7) is 10.7. The highest BCUT2D eigenvalue weighted by Gasteiger charge is 2.72. The lowest BCUT2D eigenvalue weighted by molar-refractivity contribution is -0.324. The fraction of sp³-hybridized carbons (Fsp3) is 0.923. The molecular weight excluding hydrogens is 484 g/mol. The maximum atomic E-state index is 12.8. The molecule has 0 bridgehead atoms. The monoisotopic (exact) mass is 526 g/mol. The van der Waals surface area contributed by atoms with Crippen molar-refractivity contribution in [3.63, 3.8) is 0 Å². The van der Waals surface area contributed by atoms with Crippen LogP contribution in [0.3, 0.4) is 0 Å². The summed E-state index contributed by atoms with van der Waals surface area (Å²) in [5.74, 6) is -0.0559. The van der Waals surface area contributed by atoms with Gasteiger partial charge in [-0.3, -0.25) is 8.98 Å². The summed E-state index contributed by atoms with van der Waals surface area (Å²) in [4.78, 5) is 17.9. The number of rotatable bonds is 3. The molecule has 0 aromatic carbocycles. The van der Waals surface area contributed by atoms with E-state index in [-0.39, 0.29) is 47.1 Å². The van der Waals surface area contributed by atoms with Crippen LogP contribution in [0.5, 0.6) is 0 Å². The van der Waals surface area contributed by atoms with Crippen LogP contribution in [0.4, 0.5) is 0 Å². The molecule has 5 fully saturated rings. The molecule has 2 aliphatic heterocycles. The van der Waals surface area contributed by atoms with Crippen molar-refractivity contribution in [2.75, 3.05) is 13.4 Å². The quantitative estimate of drug-likeness (QED) is 0.428. The molecule has 1 spiro atoms. The Balaban J connectivity index is 1.66. The zero-order chi connectivity index (χ0) is 26.4. The molecule has 3 saturated carbocycles. The number of hydrogen-bond acceptors (Lipinski definition) is 8. The minimum absolute atomic E-state index is 0.00947. The van der Waals surface area contributed by atoms with Crippen LogP contribution in [0.15, 0.2) is 5.16 Å². The number of oxime groups is 1. The van der Waals surface area contributed by atoms with Crippen molar-refractivity contribution in [2.24, 2.45) is 45.6 Å². The highest BCUT2D eigenvalue weighted by atomic mass is 32.2. The zero-order valence-corrected chi connectivity index (χ0v) is 23.3. The number of amides is 1. The molecule has 0 aromatic heterocycles. The van der Waals surface area contributed by atoms with Gasteiger partial charge in [0.25, 0.3) is 10.1 Å². The SMILES string of the molecule is CON=C1C(OS(C)(=O)=O)CC23OC4C(CC2(C)C(C)CCC3C1(C)C)C(O)CC1C(=O)NC(C)C14.